The highest BCUT2D eigenvalue weighted by molar-refractivity contribution is 5.97. The van der Waals surface area contributed by atoms with Gasteiger partial charge in [0.1, 0.15) is 11.6 Å². The van der Waals surface area contributed by atoms with Crippen molar-refractivity contribution in [1.82, 2.24) is 14.8 Å². The van der Waals surface area contributed by atoms with Crippen molar-refractivity contribution in [2.24, 2.45) is 0 Å². The number of halogens is 1. The van der Waals surface area contributed by atoms with Gasteiger partial charge in [-0.25, -0.2) is 4.39 Å². The highest BCUT2D eigenvalue weighted by Crippen LogP contribution is 2.22. The molecule has 1 aromatic carbocycles. The zero-order chi connectivity index (χ0) is 16.9. The van der Waals surface area contributed by atoms with Gasteiger partial charge in [0.15, 0.2) is 0 Å². The lowest BCUT2D eigenvalue weighted by Crippen LogP contribution is -2.48. The first-order valence-corrected chi connectivity index (χ1v) is 7.91. The molecular formula is C18H20FN3O2. The average Bonchev–Trinajstić information content (AvgIpc) is 2.62. The van der Waals surface area contributed by atoms with Crippen LogP contribution < -0.4 is 4.74 Å². The molecule has 1 aromatic heterocycles. The zero-order valence-electron chi connectivity index (χ0n) is 13.6. The van der Waals surface area contributed by atoms with Crippen molar-refractivity contribution in [2.45, 2.75) is 6.54 Å². The van der Waals surface area contributed by atoms with Crippen LogP contribution in [0.15, 0.2) is 42.7 Å². The summed E-state index contributed by atoms with van der Waals surface area (Å²) in [5.41, 5.74) is 1.48. The van der Waals surface area contributed by atoms with Gasteiger partial charge >= 0.3 is 0 Å². The molecule has 24 heavy (non-hydrogen) atoms. The van der Waals surface area contributed by atoms with Crippen LogP contribution in [0.3, 0.4) is 0 Å². The molecule has 0 aliphatic carbocycles. The highest BCUT2D eigenvalue weighted by atomic mass is 19.1. The standard InChI is InChI=1S/C18H20FN3O2/c1-24-17-3-2-15(19)12-16(17)18(23)22-10-8-21(9-11-22)13-14-4-6-20-7-5-14/h2-7,12H,8-11,13H2,1H3. The van der Waals surface area contributed by atoms with E-state index in [4.69, 9.17) is 4.74 Å². The molecule has 0 unspecified atom stereocenters. The number of carbonyl (C=O) groups excluding carboxylic acids is 1. The fourth-order valence-corrected chi connectivity index (χ4v) is 2.87. The summed E-state index contributed by atoms with van der Waals surface area (Å²) in [5.74, 6) is -0.217. The number of carbonyl (C=O) groups is 1. The Hall–Kier alpha value is -2.47. The van der Waals surface area contributed by atoms with Crippen molar-refractivity contribution in [3.63, 3.8) is 0 Å². The van der Waals surface area contributed by atoms with E-state index in [9.17, 15) is 9.18 Å². The van der Waals surface area contributed by atoms with Gasteiger partial charge in [0.25, 0.3) is 5.91 Å². The molecule has 2 aromatic rings. The van der Waals surface area contributed by atoms with E-state index in [1.54, 1.807) is 17.3 Å². The second-order valence-corrected chi connectivity index (χ2v) is 5.77. The van der Waals surface area contributed by atoms with Crippen molar-refractivity contribution < 1.29 is 13.9 Å². The number of rotatable bonds is 4. The van der Waals surface area contributed by atoms with Crippen LogP contribution in [0.1, 0.15) is 15.9 Å². The first kappa shape index (κ1) is 16.4. The molecule has 1 aliphatic rings. The van der Waals surface area contributed by atoms with Gasteiger partial charge in [-0.2, -0.15) is 0 Å². The molecule has 0 radical (unpaired) electrons. The van der Waals surface area contributed by atoms with Crippen LogP contribution in [0.4, 0.5) is 4.39 Å². The number of ether oxygens (including phenoxy) is 1. The fourth-order valence-electron chi connectivity index (χ4n) is 2.87. The zero-order valence-corrected chi connectivity index (χ0v) is 13.6. The first-order chi connectivity index (χ1) is 11.7. The number of hydrogen-bond acceptors (Lipinski definition) is 4. The quantitative estimate of drug-likeness (QED) is 0.863. The average molecular weight is 329 g/mol. The molecule has 0 bridgehead atoms. The smallest absolute Gasteiger partial charge is 0.257 e. The normalized spacial score (nSPS) is 15.3. The van der Waals surface area contributed by atoms with Crippen LogP contribution in [0.5, 0.6) is 5.75 Å². The lowest BCUT2D eigenvalue weighted by atomic mass is 10.1. The van der Waals surface area contributed by atoms with Gasteiger partial charge < -0.3 is 9.64 Å². The van der Waals surface area contributed by atoms with Gasteiger partial charge in [-0.05, 0) is 35.9 Å². The lowest BCUT2D eigenvalue weighted by molar-refractivity contribution is 0.0625. The Morgan fingerprint density at radius 2 is 1.88 bits per heavy atom. The van der Waals surface area contributed by atoms with Gasteiger partial charge in [0, 0.05) is 45.1 Å². The van der Waals surface area contributed by atoms with Gasteiger partial charge in [0.05, 0.1) is 12.7 Å². The maximum atomic E-state index is 13.5. The summed E-state index contributed by atoms with van der Waals surface area (Å²) < 4.78 is 18.7. The Labute approximate surface area is 140 Å². The molecule has 0 saturated carbocycles. The van der Waals surface area contributed by atoms with Crippen LogP contribution in [-0.4, -0.2) is 54.0 Å². The van der Waals surface area contributed by atoms with E-state index in [0.29, 0.717) is 18.8 Å². The second-order valence-electron chi connectivity index (χ2n) is 5.77. The Balaban J connectivity index is 1.62. The Bertz CT molecular complexity index is 701. The molecular weight excluding hydrogens is 309 g/mol. The number of hydrogen-bond donors (Lipinski definition) is 0. The molecule has 5 nitrogen and oxygen atoms in total. The molecule has 6 heteroatoms. The Kier molecular flexibility index (Phi) is 5.05. The molecule has 0 atom stereocenters. The van der Waals surface area contributed by atoms with Crippen LogP contribution in [-0.2, 0) is 6.54 Å². The summed E-state index contributed by atoms with van der Waals surface area (Å²) in [6.07, 6.45) is 3.57. The summed E-state index contributed by atoms with van der Waals surface area (Å²) in [5, 5.41) is 0. The molecule has 1 amide bonds. The highest BCUT2D eigenvalue weighted by Gasteiger charge is 2.24. The van der Waals surface area contributed by atoms with Crippen LogP contribution in [0, 0.1) is 5.82 Å². The van der Waals surface area contributed by atoms with Crippen LogP contribution in [0.25, 0.3) is 0 Å². The summed E-state index contributed by atoms with van der Waals surface area (Å²) in [7, 11) is 1.48. The van der Waals surface area contributed by atoms with E-state index in [2.05, 4.69) is 9.88 Å². The summed E-state index contributed by atoms with van der Waals surface area (Å²) in [6, 6.07) is 8.01. The van der Waals surface area contributed by atoms with E-state index in [1.807, 2.05) is 12.1 Å². The number of piperazine rings is 1. The largest absolute Gasteiger partial charge is 0.496 e. The first-order valence-electron chi connectivity index (χ1n) is 7.91. The summed E-state index contributed by atoms with van der Waals surface area (Å²) in [4.78, 5) is 20.7. The second kappa shape index (κ2) is 7.40. The number of nitrogens with zero attached hydrogens (tertiary/aromatic N) is 3. The predicted octanol–water partition coefficient (Wildman–Crippen LogP) is 2.19. The van der Waals surface area contributed by atoms with Crippen LogP contribution >= 0.6 is 0 Å². The van der Waals surface area contributed by atoms with Crippen molar-refractivity contribution in [1.29, 1.82) is 0 Å². The van der Waals surface area contributed by atoms with Crippen molar-refractivity contribution >= 4 is 5.91 Å². The van der Waals surface area contributed by atoms with Gasteiger partial charge in [-0.3, -0.25) is 14.7 Å². The minimum atomic E-state index is -0.435. The Morgan fingerprint density at radius 3 is 2.54 bits per heavy atom. The van der Waals surface area contributed by atoms with Gasteiger partial charge in [-0.15, -0.1) is 0 Å². The van der Waals surface area contributed by atoms with E-state index in [1.165, 1.54) is 30.9 Å². The maximum Gasteiger partial charge on any atom is 0.257 e. The SMILES string of the molecule is COc1ccc(F)cc1C(=O)N1CCN(Cc2ccncc2)CC1. The van der Waals surface area contributed by atoms with E-state index in [-0.39, 0.29) is 11.5 Å². The fraction of sp³-hybridized carbons (Fsp3) is 0.333. The molecule has 1 fully saturated rings. The topological polar surface area (TPSA) is 45.7 Å². The third-order valence-electron chi connectivity index (χ3n) is 4.21. The summed E-state index contributed by atoms with van der Waals surface area (Å²) >= 11 is 0. The van der Waals surface area contributed by atoms with Crippen molar-refractivity contribution in [2.75, 3.05) is 33.3 Å². The van der Waals surface area contributed by atoms with E-state index < -0.39 is 5.82 Å². The molecule has 0 spiro atoms. The number of methoxy groups -OCH3 is 1. The number of amides is 1. The van der Waals surface area contributed by atoms with Gasteiger partial charge in [0.2, 0.25) is 0 Å². The number of aromatic nitrogens is 1. The van der Waals surface area contributed by atoms with Crippen LogP contribution in [0.2, 0.25) is 0 Å². The lowest BCUT2D eigenvalue weighted by Gasteiger charge is -2.35. The Morgan fingerprint density at radius 1 is 1.17 bits per heavy atom. The van der Waals surface area contributed by atoms with E-state index in [0.717, 1.165) is 19.6 Å². The molecule has 3 rings (SSSR count). The minimum Gasteiger partial charge on any atom is -0.496 e. The van der Waals surface area contributed by atoms with E-state index >= 15 is 0 Å². The third-order valence-corrected chi connectivity index (χ3v) is 4.21. The predicted molar refractivity (Wildman–Crippen MR) is 88.4 cm³/mol. The summed E-state index contributed by atoms with van der Waals surface area (Å²) in [6.45, 7) is 3.64. The monoisotopic (exact) mass is 329 g/mol. The molecule has 0 N–H and O–H groups in total. The molecule has 2 heterocycles. The van der Waals surface area contributed by atoms with Crippen molar-refractivity contribution in [3.05, 3.63) is 59.7 Å². The third kappa shape index (κ3) is 3.71. The number of benzene rings is 1. The minimum absolute atomic E-state index is 0.185. The maximum absolute atomic E-state index is 13.5. The number of pyridine rings is 1. The van der Waals surface area contributed by atoms with Crippen molar-refractivity contribution in [3.8, 4) is 5.75 Å². The molecule has 1 aliphatic heterocycles. The molecule has 126 valence electrons. The molecule has 1 saturated heterocycles. The van der Waals surface area contributed by atoms with Gasteiger partial charge in [-0.1, -0.05) is 0 Å².